The zero-order valence-electron chi connectivity index (χ0n) is 18.5. The molecule has 1 aliphatic rings. The number of piperidine rings is 1. The fourth-order valence-corrected chi connectivity index (χ4v) is 5.04. The molecule has 182 valence electrons. The molecule has 0 spiro atoms. The lowest BCUT2D eigenvalue weighted by Crippen LogP contribution is -2.38. The molecule has 0 aliphatic carbocycles. The van der Waals surface area contributed by atoms with Gasteiger partial charge in [0.2, 0.25) is 0 Å². The first-order chi connectivity index (χ1) is 15.8. The van der Waals surface area contributed by atoms with Gasteiger partial charge in [-0.2, -0.15) is 18.2 Å². The van der Waals surface area contributed by atoms with Crippen molar-refractivity contribution >= 4 is 33.2 Å². The highest BCUT2D eigenvalue weighted by Gasteiger charge is 2.37. The van der Waals surface area contributed by atoms with E-state index in [1.165, 1.54) is 18.4 Å². The first kappa shape index (κ1) is 25.3. The maximum atomic E-state index is 13.8. The maximum absolute atomic E-state index is 13.8. The molecule has 0 radical (unpaired) electrons. The lowest BCUT2D eigenvalue weighted by atomic mass is 9.85. The Bertz CT molecular complexity index is 1240. The third-order valence-electron chi connectivity index (χ3n) is 5.64. The number of carbonyl (C=O) groups excluding carboxylic acids is 2. The van der Waals surface area contributed by atoms with Gasteiger partial charge in [0.1, 0.15) is 0 Å². The van der Waals surface area contributed by atoms with Crippen LogP contribution in [-0.2, 0) is 15.7 Å². The van der Waals surface area contributed by atoms with Gasteiger partial charge in [-0.3, -0.25) is 13.8 Å². The van der Waals surface area contributed by atoms with Crippen molar-refractivity contribution < 1.29 is 27.0 Å². The van der Waals surface area contributed by atoms with E-state index in [2.05, 4.69) is 10.9 Å². The molecule has 0 aromatic heterocycles. The standard InChI is InChI=1S/C23H25F3N4O3S/c1-34(2,33)19-6-4-3-5-17(19)21(32)30-11-9-14(10-12-30)16-8-7-15(20(31)29-22(27)28)13-18(16)23(24,25)26/h3-8,13-14H,1,9-12H2,2H3,(H4,27,28,29,31). The molecule has 3 rings (SSSR count). The summed E-state index contributed by atoms with van der Waals surface area (Å²) < 4.78 is 53.9. The van der Waals surface area contributed by atoms with Crippen LogP contribution in [0.5, 0.6) is 0 Å². The summed E-state index contributed by atoms with van der Waals surface area (Å²) in [6.45, 7) is 0.456. The minimum atomic E-state index is -4.69. The molecule has 1 aliphatic heterocycles. The lowest BCUT2D eigenvalue weighted by molar-refractivity contribution is -0.138. The van der Waals surface area contributed by atoms with Gasteiger partial charge >= 0.3 is 6.18 Å². The van der Waals surface area contributed by atoms with Crippen molar-refractivity contribution in [3.8, 4) is 0 Å². The summed E-state index contributed by atoms with van der Waals surface area (Å²) in [5.74, 6) is 1.35. The Kier molecular flexibility index (Phi) is 7.06. The molecule has 0 saturated carbocycles. The number of likely N-dealkylation sites (tertiary alicyclic amines) is 1. The van der Waals surface area contributed by atoms with E-state index >= 15 is 0 Å². The molecular formula is C23H25F3N4O3S. The predicted molar refractivity (Wildman–Crippen MR) is 125 cm³/mol. The monoisotopic (exact) mass is 494 g/mol. The van der Waals surface area contributed by atoms with E-state index < -0.39 is 39.0 Å². The zero-order chi connectivity index (χ0) is 25.3. The van der Waals surface area contributed by atoms with E-state index in [1.54, 1.807) is 29.2 Å². The van der Waals surface area contributed by atoms with Crippen molar-refractivity contribution in [2.24, 2.45) is 16.5 Å². The number of hydrogen-bond acceptors (Lipinski definition) is 3. The van der Waals surface area contributed by atoms with Crippen LogP contribution in [0.25, 0.3) is 0 Å². The topological polar surface area (TPSA) is 119 Å². The number of guanidine groups is 1. The van der Waals surface area contributed by atoms with Gasteiger partial charge in [-0.05, 0) is 64.0 Å². The number of benzene rings is 2. The third kappa shape index (κ3) is 5.58. The van der Waals surface area contributed by atoms with Gasteiger partial charge in [0.25, 0.3) is 11.8 Å². The number of alkyl halides is 3. The fraction of sp³-hybridized carbons (Fsp3) is 0.304. The summed E-state index contributed by atoms with van der Waals surface area (Å²) in [5, 5.41) is 0. The molecule has 2 amide bonds. The Balaban J connectivity index is 1.83. The molecular weight excluding hydrogens is 469 g/mol. The molecule has 7 nitrogen and oxygen atoms in total. The van der Waals surface area contributed by atoms with Gasteiger partial charge < -0.3 is 16.4 Å². The molecule has 2 aromatic rings. The van der Waals surface area contributed by atoms with Crippen molar-refractivity contribution in [3.63, 3.8) is 0 Å². The van der Waals surface area contributed by atoms with Crippen LogP contribution in [0.15, 0.2) is 52.4 Å². The number of nitrogens with zero attached hydrogens (tertiary/aromatic N) is 2. The molecule has 1 atom stereocenters. The highest BCUT2D eigenvalue weighted by molar-refractivity contribution is 7.99. The van der Waals surface area contributed by atoms with Gasteiger partial charge in [0.05, 0.1) is 11.1 Å². The molecule has 0 bridgehead atoms. The molecule has 2 aromatic carbocycles. The van der Waals surface area contributed by atoms with Crippen LogP contribution < -0.4 is 11.5 Å². The molecule has 1 saturated heterocycles. The van der Waals surface area contributed by atoms with Crippen LogP contribution in [0.3, 0.4) is 0 Å². The van der Waals surface area contributed by atoms with Gasteiger partial charge in [-0.1, -0.05) is 18.2 Å². The van der Waals surface area contributed by atoms with Gasteiger partial charge in [-0.25, -0.2) is 0 Å². The third-order valence-corrected chi connectivity index (χ3v) is 6.93. The number of nitrogens with two attached hydrogens (primary N) is 2. The predicted octanol–water partition coefficient (Wildman–Crippen LogP) is 2.84. The summed E-state index contributed by atoms with van der Waals surface area (Å²) >= 11 is 0. The molecule has 4 N–H and O–H groups in total. The summed E-state index contributed by atoms with van der Waals surface area (Å²) in [6, 6.07) is 9.79. The maximum Gasteiger partial charge on any atom is 0.416 e. The highest BCUT2D eigenvalue weighted by atomic mass is 32.2. The normalized spacial score (nSPS) is 16.5. The molecule has 34 heavy (non-hydrogen) atoms. The van der Waals surface area contributed by atoms with Crippen molar-refractivity contribution in [2.45, 2.75) is 29.8 Å². The Morgan fingerprint density at radius 2 is 1.74 bits per heavy atom. The van der Waals surface area contributed by atoms with Crippen molar-refractivity contribution in [1.82, 2.24) is 4.90 Å². The number of rotatable bonds is 4. The molecule has 11 heteroatoms. The van der Waals surface area contributed by atoms with E-state index in [1.807, 2.05) is 0 Å². The minimum absolute atomic E-state index is 0.0515. The first-order valence-corrected chi connectivity index (χ1v) is 12.5. The van der Waals surface area contributed by atoms with Crippen LogP contribution in [0.1, 0.15) is 50.6 Å². The number of amides is 2. The number of hydrogen-bond donors (Lipinski definition) is 2. The van der Waals surface area contributed by atoms with Crippen LogP contribution >= 0.6 is 0 Å². The smallest absolute Gasteiger partial charge is 0.370 e. The van der Waals surface area contributed by atoms with Crippen molar-refractivity contribution in [1.29, 1.82) is 0 Å². The molecule has 1 heterocycles. The summed E-state index contributed by atoms with van der Waals surface area (Å²) in [6.07, 6.45) is -2.65. The van der Waals surface area contributed by atoms with Gasteiger partial charge in [0, 0.05) is 29.8 Å². The van der Waals surface area contributed by atoms with Crippen LogP contribution in [0.4, 0.5) is 13.2 Å². The zero-order valence-corrected chi connectivity index (χ0v) is 19.3. The Morgan fingerprint density at radius 1 is 1.12 bits per heavy atom. The number of aliphatic imine (C=N–C) groups is 1. The summed E-state index contributed by atoms with van der Waals surface area (Å²) in [4.78, 5) is 30.2. The summed E-state index contributed by atoms with van der Waals surface area (Å²) in [7, 11) is -2.64. The largest absolute Gasteiger partial charge is 0.416 e. The fourth-order valence-electron chi connectivity index (χ4n) is 4.06. The first-order valence-electron chi connectivity index (χ1n) is 10.3. The average Bonchev–Trinajstić information content (AvgIpc) is 2.76. The van der Waals surface area contributed by atoms with Gasteiger partial charge in [-0.15, -0.1) is 0 Å². The molecule has 1 unspecified atom stereocenters. The second kappa shape index (κ2) is 9.49. The van der Waals surface area contributed by atoms with Crippen LogP contribution in [-0.4, -0.2) is 52.1 Å². The molecule has 1 fully saturated rings. The summed E-state index contributed by atoms with van der Waals surface area (Å²) in [5.41, 5.74) is 9.42. The van der Waals surface area contributed by atoms with Gasteiger partial charge in [0.15, 0.2) is 5.96 Å². The second-order valence-corrected chi connectivity index (χ2v) is 10.7. The van der Waals surface area contributed by atoms with E-state index in [0.29, 0.717) is 17.7 Å². The second-order valence-electron chi connectivity index (χ2n) is 8.21. The highest BCUT2D eigenvalue weighted by Crippen LogP contribution is 2.39. The van der Waals surface area contributed by atoms with E-state index in [-0.39, 0.29) is 35.7 Å². The quantitative estimate of drug-likeness (QED) is 0.385. The average molecular weight is 495 g/mol. The lowest BCUT2D eigenvalue weighted by Gasteiger charge is -2.33. The number of carbonyl (C=O) groups is 2. The van der Waals surface area contributed by atoms with E-state index in [0.717, 1.165) is 6.07 Å². The Labute approximate surface area is 195 Å². The SMILES string of the molecule is C=S(C)(=O)c1ccccc1C(=O)N1CCC(c2ccc(C(=O)N=C(N)N)cc2C(F)(F)F)CC1. The Hall–Kier alpha value is -3.34. The van der Waals surface area contributed by atoms with E-state index in [4.69, 9.17) is 11.5 Å². The van der Waals surface area contributed by atoms with E-state index in [9.17, 15) is 27.0 Å². The minimum Gasteiger partial charge on any atom is -0.370 e. The van der Waals surface area contributed by atoms with Crippen molar-refractivity contribution in [3.05, 3.63) is 64.7 Å². The van der Waals surface area contributed by atoms with Crippen molar-refractivity contribution in [2.75, 3.05) is 19.3 Å². The Morgan fingerprint density at radius 3 is 2.29 bits per heavy atom. The number of halogens is 3. The van der Waals surface area contributed by atoms with Crippen LogP contribution in [0, 0.1) is 0 Å². The van der Waals surface area contributed by atoms with Crippen LogP contribution in [0.2, 0.25) is 0 Å².